The number of amides is 4. The molecule has 2 atom stereocenters. The van der Waals surface area contributed by atoms with Crippen LogP contribution in [-0.2, 0) is 16.1 Å². The molecule has 0 bridgehead atoms. The SMILES string of the molecule is NC1C(F)(F)C12CC(NCc1ccc3c(c1)C(=O)N(C1CCC(=O)NC1=O)C3=O)C2. The third-order valence-corrected chi connectivity index (χ3v) is 6.89. The van der Waals surface area contributed by atoms with Gasteiger partial charge in [-0.25, -0.2) is 8.78 Å². The Balaban J connectivity index is 1.25. The van der Waals surface area contributed by atoms with Crippen molar-refractivity contribution in [2.24, 2.45) is 11.1 Å². The van der Waals surface area contributed by atoms with Crippen molar-refractivity contribution in [2.75, 3.05) is 0 Å². The van der Waals surface area contributed by atoms with Crippen molar-refractivity contribution in [3.8, 4) is 0 Å². The summed E-state index contributed by atoms with van der Waals surface area (Å²) in [5.74, 6) is -5.00. The van der Waals surface area contributed by atoms with Gasteiger partial charge in [0.05, 0.1) is 22.6 Å². The number of nitrogens with two attached hydrogens (primary N) is 1. The zero-order chi connectivity index (χ0) is 21.4. The molecule has 1 spiro atoms. The van der Waals surface area contributed by atoms with Crippen LogP contribution >= 0.6 is 0 Å². The number of halogens is 2. The Bertz CT molecular complexity index is 1000. The van der Waals surface area contributed by atoms with E-state index < -0.39 is 47.0 Å². The van der Waals surface area contributed by atoms with Gasteiger partial charge in [-0.3, -0.25) is 29.4 Å². The smallest absolute Gasteiger partial charge is 0.270 e. The molecule has 1 aromatic carbocycles. The standard InChI is InChI=1S/C20H20F2N4O4/c21-20(22)18(23)19(20)6-10(7-19)24-8-9-1-2-11-12(5-9)17(30)26(16(11)29)13-3-4-14(27)25-15(13)28/h1-2,5,10,13,18,24H,3-4,6-8,23H2,(H,25,27,28). The molecule has 2 unspecified atom stereocenters. The Kier molecular flexibility index (Phi) is 3.94. The highest BCUT2D eigenvalue weighted by Gasteiger charge is 2.82. The van der Waals surface area contributed by atoms with E-state index in [0.717, 1.165) is 10.5 Å². The second kappa shape index (κ2) is 6.14. The highest BCUT2D eigenvalue weighted by Crippen LogP contribution is 2.69. The van der Waals surface area contributed by atoms with Gasteiger partial charge in [0.25, 0.3) is 17.7 Å². The fourth-order valence-corrected chi connectivity index (χ4v) is 4.92. The minimum Gasteiger partial charge on any atom is -0.322 e. The van der Waals surface area contributed by atoms with Crippen molar-refractivity contribution in [3.63, 3.8) is 0 Å². The zero-order valence-corrected chi connectivity index (χ0v) is 15.9. The molecule has 1 aromatic rings. The van der Waals surface area contributed by atoms with E-state index in [2.05, 4.69) is 10.6 Å². The van der Waals surface area contributed by atoms with Gasteiger partial charge < -0.3 is 11.1 Å². The van der Waals surface area contributed by atoms with E-state index in [9.17, 15) is 28.0 Å². The molecule has 5 rings (SSSR count). The van der Waals surface area contributed by atoms with Gasteiger partial charge in [0.2, 0.25) is 11.8 Å². The number of carbonyl (C=O) groups is 4. The maximum atomic E-state index is 13.6. The monoisotopic (exact) mass is 418 g/mol. The van der Waals surface area contributed by atoms with Crippen molar-refractivity contribution < 1.29 is 28.0 Å². The predicted octanol–water partition coefficient (Wildman–Crippen LogP) is 0.302. The van der Waals surface area contributed by atoms with Crippen molar-refractivity contribution in [3.05, 3.63) is 34.9 Å². The lowest BCUT2D eigenvalue weighted by Crippen LogP contribution is -2.54. The number of alkyl halides is 2. The maximum Gasteiger partial charge on any atom is 0.270 e. The van der Waals surface area contributed by atoms with Crippen LogP contribution in [-0.4, -0.2) is 52.6 Å². The number of nitrogens with zero attached hydrogens (tertiary/aromatic N) is 1. The Hall–Kier alpha value is -2.72. The minimum absolute atomic E-state index is 0.0601. The lowest BCUT2D eigenvalue weighted by Gasteiger charge is -2.36. The Morgan fingerprint density at radius 1 is 1.13 bits per heavy atom. The molecule has 30 heavy (non-hydrogen) atoms. The largest absolute Gasteiger partial charge is 0.322 e. The average Bonchev–Trinajstić information content (AvgIpc) is 2.99. The predicted molar refractivity (Wildman–Crippen MR) is 98.3 cm³/mol. The van der Waals surface area contributed by atoms with Gasteiger partial charge in [0.1, 0.15) is 6.04 Å². The lowest BCUT2D eigenvalue weighted by atomic mass is 9.75. The van der Waals surface area contributed by atoms with Crippen LogP contribution in [0.15, 0.2) is 18.2 Å². The number of carbonyl (C=O) groups excluding carboxylic acids is 4. The summed E-state index contributed by atoms with van der Waals surface area (Å²) in [6.07, 6.45) is 0.783. The molecule has 2 heterocycles. The van der Waals surface area contributed by atoms with Gasteiger partial charge >= 0.3 is 0 Å². The molecule has 8 nitrogen and oxygen atoms in total. The number of fused-ring (bicyclic) bond motifs is 1. The van der Waals surface area contributed by atoms with Gasteiger partial charge in [-0.2, -0.15) is 0 Å². The normalized spacial score (nSPS) is 34.1. The zero-order valence-electron chi connectivity index (χ0n) is 15.9. The number of piperidine rings is 1. The molecule has 0 aromatic heterocycles. The molecule has 0 radical (unpaired) electrons. The summed E-state index contributed by atoms with van der Waals surface area (Å²) in [7, 11) is 0. The van der Waals surface area contributed by atoms with Crippen LogP contribution in [0.1, 0.15) is 52.0 Å². The first-order valence-corrected chi connectivity index (χ1v) is 9.87. The Labute approximate surface area is 170 Å². The summed E-state index contributed by atoms with van der Waals surface area (Å²) in [5, 5.41) is 5.35. The lowest BCUT2D eigenvalue weighted by molar-refractivity contribution is -0.136. The highest BCUT2D eigenvalue weighted by molar-refractivity contribution is 6.23. The van der Waals surface area contributed by atoms with Crippen molar-refractivity contribution in [1.29, 1.82) is 0 Å². The first-order valence-electron chi connectivity index (χ1n) is 9.87. The summed E-state index contributed by atoms with van der Waals surface area (Å²) < 4.78 is 27.1. The first kappa shape index (κ1) is 19.3. The molecule has 3 fully saturated rings. The Morgan fingerprint density at radius 3 is 2.43 bits per heavy atom. The minimum atomic E-state index is -2.79. The van der Waals surface area contributed by atoms with Crippen LogP contribution in [0, 0.1) is 5.41 Å². The molecule has 4 amide bonds. The average molecular weight is 418 g/mol. The van der Waals surface area contributed by atoms with Crippen LogP contribution in [0.4, 0.5) is 8.78 Å². The second-order valence-electron chi connectivity index (χ2n) is 8.57. The van der Waals surface area contributed by atoms with Gasteiger partial charge in [0.15, 0.2) is 0 Å². The molecule has 2 saturated carbocycles. The van der Waals surface area contributed by atoms with Gasteiger partial charge in [-0.05, 0) is 37.0 Å². The van der Waals surface area contributed by atoms with Gasteiger partial charge in [-0.15, -0.1) is 0 Å². The van der Waals surface area contributed by atoms with E-state index in [-0.39, 0.29) is 30.0 Å². The van der Waals surface area contributed by atoms with E-state index in [1.165, 1.54) is 6.07 Å². The number of rotatable bonds is 4. The topological polar surface area (TPSA) is 122 Å². The molecule has 4 N–H and O–H groups in total. The van der Waals surface area contributed by atoms with Crippen LogP contribution in [0.5, 0.6) is 0 Å². The molecular formula is C20H20F2N4O4. The molecule has 2 aliphatic heterocycles. The second-order valence-corrected chi connectivity index (χ2v) is 8.57. The van der Waals surface area contributed by atoms with Crippen molar-refractivity contribution in [1.82, 2.24) is 15.5 Å². The number of imide groups is 2. The van der Waals surface area contributed by atoms with Crippen LogP contribution in [0.25, 0.3) is 0 Å². The molecule has 1 saturated heterocycles. The third kappa shape index (κ3) is 2.50. The van der Waals surface area contributed by atoms with Crippen LogP contribution in [0.3, 0.4) is 0 Å². The molecule has 10 heteroatoms. The first-order chi connectivity index (χ1) is 14.2. The van der Waals surface area contributed by atoms with E-state index in [0.29, 0.717) is 19.4 Å². The highest BCUT2D eigenvalue weighted by atomic mass is 19.3. The summed E-state index contributed by atoms with van der Waals surface area (Å²) in [6.45, 7) is 0.356. The fourth-order valence-electron chi connectivity index (χ4n) is 4.92. The summed E-state index contributed by atoms with van der Waals surface area (Å²) in [5.41, 5.74) is 5.57. The summed E-state index contributed by atoms with van der Waals surface area (Å²) in [6, 6.07) is 2.66. The quantitative estimate of drug-likeness (QED) is 0.605. The van der Waals surface area contributed by atoms with Crippen LogP contribution in [0.2, 0.25) is 0 Å². The third-order valence-electron chi connectivity index (χ3n) is 6.89. The Morgan fingerprint density at radius 2 is 1.80 bits per heavy atom. The number of hydrogen-bond acceptors (Lipinski definition) is 6. The van der Waals surface area contributed by atoms with E-state index >= 15 is 0 Å². The summed E-state index contributed by atoms with van der Waals surface area (Å²) >= 11 is 0. The van der Waals surface area contributed by atoms with Crippen molar-refractivity contribution >= 4 is 23.6 Å². The maximum absolute atomic E-state index is 13.6. The van der Waals surface area contributed by atoms with E-state index in [1.54, 1.807) is 12.1 Å². The van der Waals surface area contributed by atoms with E-state index in [4.69, 9.17) is 5.73 Å². The fraction of sp³-hybridized carbons (Fsp3) is 0.500. The molecular weight excluding hydrogens is 398 g/mol. The molecule has 2 aliphatic carbocycles. The number of benzene rings is 1. The van der Waals surface area contributed by atoms with Gasteiger partial charge in [-0.1, -0.05) is 6.07 Å². The van der Waals surface area contributed by atoms with Crippen molar-refractivity contribution in [2.45, 2.75) is 56.3 Å². The molecule has 4 aliphatic rings. The number of nitrogens with one attached hydrogen (secondary N) is 2. The number of hydrogen-bond donors (Lipinski definition) is 3. The van der Waals surface area contributed by atoms with E-state index in [1.807, 2.05) is 0 Å². The van der Waals surface area contributed by atoms with Gasteiger partial charge in [0, 0.05) is 19.0 Å². The molecule has 158 valence electrons. The summed E-state index contributed by atoms with van der Waals surface area (Å²) in [4.78, 5) is 49.8. The van der Waals surface area contributed by atoms with Crippen LogP contribution < -0.4 is 16.4 Å².